The molecule has 0 N–H and O–H groups in total. The lowest BCUT2D eigenvalue weighted by Crippen LogP contribution is -2.55. The van der Waals surface area contributed by atoms with Gasteiger partial charge in [0.2, 0.25) is 11.8 Å². The topological polar surface area (TPSA) is 56.8 Å². The Bertz CT molecular complexity index is 847. The lowest BCUT2D eigenvalue weighted by atomic mass is 10.1. The summed E-state index contributed by atoms with van der Waals surface area (Å²) in [6, 6.07) is 13.3. The van der Waals surface area contributed by atoms with Crippen LogP contribution in [0.2, 0.25) is 0 Å². The molecule has 1 fully saturated rings. The number of para-hydroxylation sites is 1. The van der Waals surface area contributed by atoms with Crippen LogP contribution in [0.4, 0.5) is 11.5 Å². The second-order valence-corrected chi connectivity index (χ2v) is 7.42. The Hall–Kier alpha value is -2.89. The van der Waals surface area contributed by atoms with Crippen molar-refractivity contribution in [3.05, 3.63) is 54.2 Å². The van der Waals surface area contributed by atoms with E-state index in [4.69, 9.17) is 0 Å². The van der Waals surface area contributed by atoms with Crippen molar-refractivity contribution in [3.63, 3.8) is 0 Å². The van der Waals surface area contributed by atoms with Crippen molar-refractivity contribution in [1.82, 2.24) is 9.88 Å². The van der Waals surface area contributed by atoms with Gasteiger partial charge in [-0.15, -0.1) is 0 Å². The van der Waals surface area contributed by atoms with Gasteiger partial charge in [0.1, 0.15) is 11.9 Å². The summed E-state index contributed by atoms with van der Waals surface area (Å²) >= 11 is 0. The third-order valence-corrected chi connectivity index (χ3v) is 5.67. The fourth-order valence-corrected chi connectivity index (χ4v) is 4.14. The molecule has 28 heavy (non-hydrogen) atoms. The van der Waals surface area contributed by atoms with E-state index in [1.54, 1.807) is 11.1 Å². The van der Waals surface area contributed by atoms with Crippen LogP contribution in [-0.2, 0) is 16.0 Å². The first-order valence-corrected chi connectivity index (χ1v) is 10.00. The van der Waals surface area contributed by atoms with E-state index in [0.717, 1.165) is 43.0 Å². The van der Waals surface area contributed by atoms with Gasteiger partial charge in [0.25, 0.3) is 0 Å². The number of benzene rings is 1. The summed E-state index contributed by atoms with van der Waals surface area (Å²) in [5.41, 5.74) is 2.03. The van der Waals surface area contributed by atoms with E-state index in [1.807, 2.05) is 48.2 Å². The number of pyridine rings is 1. The number of aromatic nitrogens is 1. The standard InChI is InChI=1S/C22H26N4O2/c1-17(26-19-9-3-2-7-18(19)8-6-11-21(26)27)22(28)25-15-13-24(14-16-25)20-10-4-5-12-23-20/h2-5,7,9-10,12,17H,6,8,11,13-16H2,1H3. The molecule has 4 rings (SSSR count). The Kier molecular flexibility index (Phi) is 5.28. The van der Waals surface area contributed by atoms with E-state index >= 15 is 0 Å². The van der Waals surface area contributed by atoms with Gasteiger partial charge in [-0.25, -0.2) is 4.98 Å². The molecule has 2 amide bonds. The number of carbonyl (C=O) groups is 2. The molecule has 1 aromatic heterocycles. The summed E-state index contributed by atoms with van der Waals surface area (Å²) < 4.78 is 0. The number of amides is 2. The molecule has 0 saturated carbocycles. The van der Waals surface area contributed by atoms with Crippen molar-refractivity contribution in [2.24, 2.45) is 0 Å². The highest BCUT2D eigenvalue weighted by atomic mass is 16.2. The maximum Gasteiger partial charge on any atom is 0.245 e. The lowest BCUT2D eigenvalue weighted by Gasteiger charge is -2.38. The Morgan fingerprint density at radius 1 is 1.00 bits per heavy atom. The zero-order chi connectivity index (χ0) is 19.5. The number of aryl methyl sites for hydroxylation is 1. The molecule has 6 heteroatoms. The quantitative estimate of drug-likeness (QED) is 0.823. The van der Waals surface area contributed by atoms with E-state index in [2.05, 4.69) is 16.0 Å². The predicted octanol–water partition coefficient (Wildman–Crippen LogP) is 2.49. The average Bonchev–Trinajstić information content (AvgIpc) is 2.91. The second kappa shape index (κ2) is 8.00. The van der Waals surface area contributed by atoms with E-state index in [-0.39, 0.29) is 11.8 Å². The Labute approximate surface area is 165 Å². The van der Waals surface area contributed by atoms with Crippen LogP contribution in [0.15, 0.2) is 48.7 Å². The first-order valence-electron chi connectivity index (χ1n) is 10.00. The maximum atomic E-state index is 13.2. The number of hydrogen-bond donors (Lipinski definition) is 0. The van der Waals surface area contributed by atoms with Gasteiger partial charge >= 0.3 is 0 Å². The minimum atomic E-state index is -0.492. The van der Waals surface area contributed by atoms with E-state index in [1.165, 1.54) is 0 Å². The van der Waals surface area contributed by atoms with Crippen molar-refractivity contribution < 1.29 is 9.59 Å². The van der Waals surface area contributed by atoms with Crippen molar-refractivity contribution in [2.45, 2.75) is 32.2 Å². The maximum absolute atomic E-state index is 13.2. The highest BCUT2D eigenvalue weighted by molar-refractivity contribution is 6.01. The van der Waals surface area contributed by atoms with Gasteiger partial charge in [0.05, 0.1) is 0 Å². The summed E-state index contributed by atoms with van der Waals surface area (Å²) in [5, 5.41) is 0. The molecule has 2 aromatic rings. The molecule has 1 saturated heterocycles. The normalized spacial score (nSPS) is 18.5. The molecule has 146 valence electrons. The van der Waals surface area contributed by atoms with Crippen molar-refractivity contribution >= 4 is 23.3 Å². The average molecular weight is 378 g/mol. The number of rotatable bonds is 3. The van der Waals surface area contributed by atoms with Gasteiger partial charge < -0.3 is 9.80 Å². The molecule has 0 spiro atoms. The SMILES string of the molecule is CC(C(=O)N1CCN(c2ccccn2)CC1)N1C(=O)CCCc2ccccc21. The highest BCUT2D eigenvalue weighted by Crippen LogP contribution is 2.29. The number of piperazine rings is 1. The third kappa shape index (κ3) is 3.59. The molecule has 1 atom stereocenters. The van der Waals surface area contributed by atoms with Crippen molar-refractivity contribution in [3.8, 4) is 0 Å². The molecule has 1 unspecified atom stereocenters. The zero-order valence-electron chi connectivity index (χ0n) is 16.3. The highest BCUT2D eigenvalue weighted by Gasteiger charge is 2.34. The summed E-state index contributed by atoms with van der Waals surface area (Å²) in [6.45, 7) is 4.64. The van der Waals surface area contributed by atoms with Crippen LogP contribution in [0.3, 0.4) is 0 Å². The summed E-state index contributed by atoms with van der Waals surface area (Å²) in [4.78, 5) is 36.2. The summed E-state index contributed by atoms with van der Waals surface area (Å²) in [5.74, 6) is 1.00. The number of carbonyl (C=O) groups excluding carboxylic acids is 2. The number of hydrogen-bond acceptors (Lipinski definition) is 4. The molecule has 0 bridgehead atoms. The monoisotopic (exact) mass is 378 g/mol. The van der Waals surface area contributed by atoms with Crippen LogP contribution in [0.1, 0.15) is 25.3 Å². The summed E-state index contributed by atoms with van der Waals surface area (Å²) in [7, 11) is 0. The molecule has 6 nitrogen and oxygen atoms in total. The fraction of sp³-hybridized carbons (Fsp3) is 0.409. The molecular formula is C22H26N4O2. The Balaban J connectivity index is 1.47. The van der Waals surface area contributed by atoms with Gasteiger partial charge in [-0.3, -0.25) is 14.5 Å². The van der Waals surface area contributed by atoms with Crippen LogP contribution in [0, 0.1) is 0 Å². The molecule has 3 heterocycles. The van der Waals surface area contributed by atoms with E-state index in [9.17, 15) is 9.59 Å². The fourth-order valence-electron chi connectivity index (χ4n) is 4.14. The first-order chi connectivity index (χ1) is 13.6. The minimum Gasteiger partial charge on any atom is -0.353 e. The Morgan fingerprint density at radius 3 is 2.50 bits per heavy atom. The van der Waals surface area contributed by atoms with Crippen LogP contribution < -0.4 is 9.80 Å². The van der Waals surface area contributed by atoms with Gasteiger partial charge in [-0.05, 0) is 43.5 Å². The largest absolute Gasteiger partial charge is 0.353 e. The summed E-state index contributed by atoms with van der Waals surface area (Å²) in [6.07, 6.45) is 3.98. The number of fused-ring (bicyclic) bond motifs is 1. The van der Waals surface area contributed by atoms with Crippen molar-refractivity contribution in [2.75, 3.05) is 36.0 Å². The number of anilines is 2. The van der Waals surface area contributed by atoms with Crippen LogP contribution in [0.25, 0.3) is 0 Å². The molecule has 0 aliphatic carbocycles. The molecule has 1 aromatic carbocycles. The van der Waals surface area contributed by atoms with E-state index < -0.39 is 6.04 Å². The molecule has 2 aliphatic rings. The van der Waals surface area contributed by atoms with Gasteiger partial charge in [-0.2, -0.15) is 0 Å². The van der Waals surface area contributed by atoms with Crippen LogP contribution in [-0.4, -0.2) is 53.9 Å². The van der Waals surface area contributed by atoms with Crippen LogP contribution in [0.5, 0.6) is 0 Å². The lowest BCUT2D eigenvalue weighted by molar-refractivity contribution is -0.134. The molecule has 2 aliphatic heterocycles. The Morgan fingerprint density at radius 2 is 1.75 bits per heavy atom. The van der Waals surface area contributed by atoms with Gasteiger partial charge in [0, 0.05) is 44.5 Å². The zero-order valence-corrected chi connectivity index (χ0v) is 16.3. The predicted molar refractivity (Wildman–Crippen MR) is 109 cm³/mol. The smallest absolute Gasteiger partial charge is 0.245 e. The molecular weight excluding hydrogens is 352 g/mol. The molecule has 0 radical (unpaired) electrons. The number of nitrogens with zero attached hydrogens (tertiary/aromatic N) is 4. The van der Waals surface area contributed by atoms with Gasteiger partial charge in [-0.1, -0.05) is 24.3 Å². The second-order valence-electron chi connectivity index (χ2n) is 7.42. The third-order valence-electron chi connectivity index (χ3n) is 5.67. The van der Waals surface area contributed by atoms with Gasteiger partial charge in [0.15, 0.2) is 0 Å². The van der Waals surface area contributed by atoms with E-state index in [0.29, 0.717) is 19.5 Å². The minimum absolute atomic E-state index is 0.0192. The van der Waals surface area contributed by atoms with Crippen LogP contribution >= 0.6 is 0 Å². The first kappa shape index (κ1) is 18.5. The van der Waals surface area contributed by atoms with Crippen molar-refractivity contribution in [1.29, 1.82) is 0 Å².